The average Bonchev–Trinajstić information content (AvgIpc) is 2.53. The normalized spacial score (nSPS) is 11.0. The van der Waals surface area contributed by atoms with Crippen LogP contribution < -0.4 is 0 Å². The van der Waals surface area contributed by atoms with Crippen molar-refractivity contribution < 1.29 is 14.1 Å². The summed E-state index contributed by atoms with van der Waals surface area (Å²) in [5.74, 6) is -0.125. The van der Waals surface area contributed by atoms with E-state index in [1.807, 2.05) is 0 Å². The molecule has 0 aliphatic carbocycles. The van der Waals surface area contributed by atoms with E-state index in [0.717, 1.165) is 4.48 Å². The number of Topliss-reactive ketones (excluding diaryl/α,β-unsaturated/α-hetero) is 2. The van der Waals surface area contributed by atoms with Crippen LogP contribution in [0.5, 0.6) is 0 Å². The Labute approximate surface area is 170 Å². The van der Waals surface area contributed by atoms with Crippen LogP contribution in [0.1, 0.15) is 117 Å². The van der Waals surface area contributed by atoms with E-state index in [4.69, 9.17) is 0 Å². The van der Waals surface area contributed by atoms with E-state index in [-0.39, 0.29) is 18.0 Å². The lowest BCUT2D eigenvalue weighted by Gasteiger charge is -2.23. The third-order valence-electron chi connectivity index (χ3n) is 4.68. The Morgan fingerprint density at radius 3 is 1.07 bits per heavy atom. The van der Waals surface area contributed by atoms with Crippen molar-refractivity contribution >= 4 is 11.6 Å². The van der Waals surface area contributed by atoms with E-state index in [9.17, 15) is 9.59 Å². The van der Waals surface area contributed by atoms with Crippen molar-refractivity contribution in [2.45, 2.75) is 117 Å². The molecular formula is C24H50NO2+. The molecule has 27 heavy (non-hydrogen) atoms. The van der Waals surface area contributed by atoms with E-state index in [1.54, 1.807) is 0 Å². The summed E-state index contributed by atoms with van der Waals surface area (Å²) in [5, 5.41) is 0. The van der Waals surface area contributed by atoms with Gasteiger partial charge in [0.2, 0.25) is 0 Å². The van der Waals surface area contributed by atoms with E-state index in [1.165, 1.54) is 110 Å². The maximum absolute atomic E-state index is 10.0. The van der Waals surface area contributed by atoms with Crippen LogP contribution in [0.15, 0.2) is 0 Å². The maximum Gasteiger partial charge on any atom is 0.137 e. The monoisotopic (exact) mass is 384 g/mol. The van der Waals surface area contributed by atoms with E-state index in [2.05, 4.69) is 28.1 Å². The number of nitrogens with zero attached hydrogens (tertiary/aromatic N) is 1. The van der Waals surface area contributed by atoms with Crippen molar-refractivity contribution in [3.63, 3.8) is 0 Å². The molecule has 0 unspecified atom stereocenters. The number of ketones is 2. The number of hydrogen-bond donors (Lipinski definition) is 0. The molecular weight excluding hydrogens is 334 g/mol. The molecule has 0 aromatic carbocycles. The fourth-order valence-electron chi connectivity index (χ4n) is 3.13. The Balaban J connectivity index is 0. The van der Waals surface area contributed by atoms with Crippen LogP contribution in [0.4, 0.5) is 0 Å². The molecule has 0 aromatic heterocycles. The van der Waals surface area contributed by atoms with Gasteiger partial charge >= 0.3 is 0 Å². The molecule has 3 heteroatoms. The minimum atomic E-state index is -0.0625. The lowest BCUT2D eigenvalue weighted by Crippen LogP contribution is -2.35. The quantitative estimate of drug-likeness (QED) is 0.158. The van der Waals surface area contributed by atoms with Gasteiger partial charge in [0.25, 0.3) is 0 Å². The molecule has 0 fully saturated rings. The van der Waals surface area contributed by atoms with Crippen LogP contribution in [-0.2, 0) is 9.59 Å². The second-order valence-corrected chi connectivity index (χ2v) is 9.19. The molecule has 162 valence electrons. The van der Waals surface area contributed by atoms with Gasteiger partial charge in [-0.1, -0.05) is 84.0 Å². The second-order valence-electron chi connectivity index (χ2n) is 9.19. The topological polar surface area (TPSA) is 34.1 Å². The predicted molar refractivity (Wildman–Crippen MR) is 119 cm³/mol. The molecule has 0 saturated carbocycles. The summed E-state index contributed by atoms with van der Waals surface area (Å²) in [6.07, 6.45) is 20.5. The molecule has 0 spiro atoms. The zero-order chi connectivity index (χ0) is 21.0. The van der Waals surface area contributed by atoms with Gasteiger partial charge in [0.15, 0.2) is 0 Å². The first-order chi connectivity index (χ1) is 12.7. The molecule has 0 saturated heterocycles. The minimum absolute atomic E-state index is 0.0625. The molecule has 0 aliphatic rings. The van der Waals surface area contributed by atoms with E-state index >= 15 is 0 Å². The summed E-state index contributed by atoms with van der Waals surface area (Å²) < 4.78 is 1.12. The van der Waals surface area contributed by atoms with Gasteiger partial charge in [0.1, 0.15) is 11.6 Å². The van der Waals surface area contributed by atoms with Gasteiger partial charge < -0.3 is 4.48 Å². The number of quaternary nitrogens is 1. The Morgan fingerprint density at radius 2 is 0.852 bits per heavy atom. The van der Waals surface area contributed by atoms with Crippen LogP contribution in [0.2, 0.25) is 0 Å². The van der Waals surface area contributed by atoms with Gasteiger partial charge in [-0.15, -0.1) is 0 Å². The van der Waals surface area contributed by atoms with Crippen LogP contribution in [0.25, 0.3) is 0 Å². The van der Waals surface area contributed by atoms with Crippen LogP contribution in [0, 0.1) is 0 Å². The molecule has 0 amide bonds. The highest BCUT2D eigenvalue weighted by molar-refractivity contribution is 5.96. The van der Waals surface area contributed by atoms with Crippen molar-refractivity contribution in [1.29, 1.82) is 0 Å². The number of carbonyl (C=O) groups excluding carboxylic acids is 2. The first-order valence-electron chi connectivity index (χ1n) is 11.5. The van der Waals surface area contributed by atoms with E-state index in [0.29, 0.717) is 0 Å². The van der Waals surface area contributed by atoms with Crippen LogP contribution in [-0.4, -0.2) is 43.7 Å². The highest BCUT2D eigenvalue weighted by Crippen LogP contribution is 2.13. The molecule has 0 atom stereocenters. The van der Waals surface area contributed by atoms with Crippen LogP contribution >= 0.6 is 0 Å². The summed E-state index contributed by atoms with van der Waals surface area (Å²) in [6, 6.07) is 0. The van der Waals surface area contributed by atoms with Crippen molar-refractivity contribution in [2.24, 2.45) is 0 Å². The largest absolute Gasteiger partial charge is 0.331 e. The van der Waals surface area contributed by atoms with Gasteiger partial charge in [-0.05, 0) is 26.7 Å². The molecule has 0 bridgehead atoms. The lowest BCUT2D eigenvalue weighted by atomic mass is 10.0. The van der Waals surface area contributed by atoms with Crippen molar-refractivity contribution in [1.82, 2.24) is 0 Å². The fourth-order valence-corrected chi connectivity index (χ4v) is 3.13. The SMILES string of the molecule is CC(=O)CC(C)=O.CCCCCCCCCCCCCCCC[N+](C)(C)C. The summed E-state index contributed by atoms with van der Waals surface area (Å²) in [4.78, 5) is 20.1. The van der Waals surface area contributed by atoms with Crippen LogP contribution in [0.3, 0.4) is 0 Å². The minimum Gasteiger partial charge on any atom is -0.331 e. The summed E-state index contributed by atoms with van der Waals surface area (Å²) >= 11 is 0. The summed E-state index contributed by atoms with van der Waals surface area (Å²) in [5.41, 5.74) is 0. The number of carbonyl (C=O) groups is 2. The molecule has 0 heterocycles. The Morgan fingerprint density at radius 1 is 0.556 bits per heavy atom. The highest BCUT2D eigenvalue weighted by atomic mass is 16.1. The average molecular weight is 385 g/mol. The molecule has 0 aromatic rings. The third-order valence-corrected chi connectivity index (χ3v) is 4.68. The van der Waals surface area contributed by atoms with Gasteiger partial charge in [-0.3, -0.25) is 9.59 Å². The fraction of sp³-hybridized carbons (Fsp3) is 0.917. The predicted octanol–water partition coefficient (Wildman–Crippen LogP) is 6.73. The van der Waals surface area contributed by atoms with Crippen molar-refractivity contribution in [3.8, 4) is 0 Å². The third kappa shape index (κ3) is 33.3. The van der Waals surface area contributed by atoms with Gasteiger partial charge in [0, 0.05) is 0 Å². The molecule has 3 nitrogen and oxygen atoms in total. The van der Waals surface area contributed by atoms with E-state index < -0.39 is 0 Å². The first-order valence-corrected chi connectivity index (χ1v) is 11.5. The summed E-state index contributed by atoms with van der Waals surface area (Å²) in [6.45, 7) is 6.43. The lowest BCUT2D eigenvalue weighted by molar-refractivity contribution is -0.870. The maximum atomic E-state index is 10.0. The molecule has 0 radical (unpaired) electrons. The standard InChI is InChI=1S/C19H42N.C5H8O2/c1-5-6-7-8-9-10-11-12-13-14-15-16-17-18-19-20(2,3)4;1-4(6)3-5(2)7/h5-19H2,1-4H3;3H2,1-2H3/q+1;. The van der Waals surface area contributed by atoms with Gasteiger partial charge in [-0.2, -0.15) is 0 Å². The van der Waals surface area contributed by atoms with Gasteiger partial charge in [-0.25, -0.2) is 0 Å². The molecule has 0 N–H and O–H groups in total. The Bertz CT molecular complexity index is 333. The second kappa shape index (κ2) is 20.0. The first kappa shape index (κ1) is 28.5. The van der Waals surface area contributed by atoms with Crippen molar-refractivity contribution in [3.05, 3.63) is 0 Å². The number of rotatable bonds is 17. The number of unbranched alkanes of at least 4 members (excludes halogenated alkanes) is 13. The smallest absolute Gasteiger partial charge is 0.137 e. The zero-order valence-electron chi connectivity index (χ0n) is 19.6. The Kier molecular flexibility index (Phi) is 21.2. The number of hydrogen-bond acceptors (Lipinski definition) is 2. The molecule has 0 aliphatic heterocycles. The highest BCUT2D eigenvalue weighted by Gasteiger charge is 2.04. The summed E-state index contributed by atoms with van der Waals surface area (Å²) in [7, 11) is 6.88. The molecule has 0 rings (SSSR count). The van der Waals surface area contributed by atoms with Crippen molar-refractivity contribution in [2.75, 3.05) is 27.7 Å². The Hall–Kier alpha value is -0.700. The van der Waals surface area contributed by atoms with Gasteiger partial charge in [0.05, 0.1) is 34.1 Å². The zero-order valence-corrected chi connectivity index (χ0v) is 19.6.